The molecule has 6 heteroatoms. The first-order valence-corrected chi connectivity index (χ1v) is 5.26. The Kier molecular flexibility index (Phi) is 4.79. The van der Waals surface area contributed by atoms with Gasteiger partial charge >= 0.3 is 0 Å². The van der Waals surface area contributed by atoms with Crippen LogP contribution in [0.2, 0.25) is 0 Å². The number of aliphatic hydroxyl groups excluding tert-OH is 1. The van der Waals surface area contributed by atoms with Crippen molar-refractivity contribution in [2.45, 2.75) is 0 Å². The van der Waals surface area contributed by atoms with Gasteiger partial charge in [-0.25, -0.2) is 0 Å². The molecule has 1 N–H and O–H groups in total. The summed E-state index contributed by atoms with van der Waals surface area (Å²) in [5, 5.41) is 8.87. The number of anilines is 1. The quantitative estimate of drug-likeness (QED) is 0.837. The smallest absolute Gasteiger partial charge is 0.252 e. The number of likely N-dealkylation sites (N-methyl/N-ethyl adjacent to an activating group) is 1. The Bertz CT molecular complexity index is 433. The normalized spacial score (nSPS) is 9.83. The first-order valence-electron chi connectivity index (χ1n) is 5.26. The maximum absolute atomic E-state index is 11.5. The molecule has 0 saturated heterocycles. The van der Waals surface area contributed by atoms with E-state index >= 15 is 0 Å². The molecule has 0 saturated carbocycles. The highest BCUT2D eigenvalue weighted by Crippen LogP contribution is 2.39. The van der Waals surface area contributed by atoms with E-state index in [0.717, 1.165) is 0 Å². The molecule has 1 aromatic rings. The van der Waals surface area contributed by atoms with Crippen LogP contribution in [-0.2, 0) is 4.79 Å². The van der Waals surface area contributed by atoms with Crippen molar-refractivity contribution >= 4 is 11.6 Å². The van der Waals surface area contributed by atoms with Crippen LogP contribution in [0.4, 0.5) is 5.69 Å². The first-order chi connectivity index (χ1) is 8.58. The van der Waals surface area contributed by atoms with Crippen LogP contribution < -0.4 is 19.1 Å². The lowest BCUT2D eigenvalue weighted by atomic mass is 10.2. The van der Waals surface area contributed by atoms with Crippen molar-refractivity contribution < 1.29 is 24.1 Å². The second kappa shape index (κ2) is 6.11. The van der Waals surface area contributed by atoms with Crippen LogP contribution in [0.25, 0.3) is 0 Å². The van der Waals surface area contributed by atoms with Crippen molar-refractivity contribution in [3.05, 3.63) is 12.1 Å². The van der Waals surface area contributed by atoms with Crippen LogP contribution in [0.1, 0.15) is 0 Å². The second-order valence-electron chi connectivity index (χ2n) is 3.49. The molecule has 18 heavy (non-hydrogen) atoms. The summed E-state index contributed by atoms with van der Waals surface area (Å²) in [4.78, 5) is 12.8. The van der Waals surface area contributed by atoms with E-state index in [1.54, 1.807) is 19.2 Å². The molecule has 0 aliphatic rings. The number of nitrogens with zero attached hydrogens (tertiary/aromatic N) is 1. The molecular weight excluding hydrogens is 238 g/mol. The molecule has 0 aromatic heterocycles. The fourth-order valence-corrected chi connectivity index (χ4v) is 1.52. The van der Waals surface area contributed by atoms with Gasteiger partial charge in [-0.2, -0.15) is 0 Å². The first kappa shape index (κ1) is 14.1. The summed E-state index contributed by atoms with van der Waals surface area (Å²) < 4.78 is 15.5. The summed E-state index contributed by atoms with van der Waals surface area (Å²) in [6.45, 7) is -0.575. The zero-order valence-electron chi connectivity index (χ0n) is 10.9. The van der Waals surface area contributed by atoms with Gasteiger partial charge in [0.25, 0.3) is 5.91 Å². The highest BCUT2D eigenvalue weighted by atomic mass is 16.5. The summed E-state index contributed by atoms with van der Waals surface area (Å²) in [5.74, 6) is 0.992. The average molecular weight is 255 g/mol. The SMILES string of the molecule is COc1cc(OC)c(N(C)C(=O)CO)cc1OC. The van der Waals surface area contributed by atoms with E-state index in [0.29, 0.717) is 22.9 Å². The van der Waals surface area contributed by atoms with Crippen molar-refractivity contribution in [2.24, 2.45) is 0 Å². The number of methoxy groups -OCH3 is 3. The summed E-state index contributed by atoms with van der Waals surface area (Å²) >= 11 is 0. The molecular formula is C12H17NO5. The van der Waals surface area contributed by atoms with Crippen molar-refractivity contribution in [1.29, 1.82) is 0 Å². The third-order valence-corrected chi connectivity index (χ3v) is 2.56. The Labute approximate surface area is 106 Å². The molecule has 6 nitrogen and oxygen atoms in total. The lowest BCUT2D eigenvalue weighted by Crippen LogP contribution is -2.29. The Balaban J connectivity index is 3.29. The summed E-state index contributed by atoms with van der Waals surface area (Å²) in [7, 11) is 6.05. The Hall–Kier alpha value is -1.95. The molecule has 0 heterocycles. The summed E-state index contributed by atoms with van der Waals surface area (Å²) in [6, 6.07) is 3.24. The van der Waals surface area contributed by atoms with Gasteiger partial charge in [0.2, 0.25) is 0 Å². The molecule has 0 atom stereocenters. The molecule has 0 radical (unpaired) electrons. The van der Waals surface area contributed by atoms with Gasteiger partial charge in [0.15, 0.2) is 11.5 Å². The van der Waals surface area contributed by atoms with Crippen LogP contribution >= 0.6 is 0 Å². The molecule has 0 bridgehead atoms. The van der Waals surface area contributed by atoms with E-state index in [4.69, 9.17) is 19.3 Å². The second-order valence-corrected chi connectivity index (χ2v) is 3.49. The van der Waals surface area contributed by atoms with Crippen LogP contribution in [0.5, 0.6) is 17.2 Å². The van der Waals surface area contributed by atoms with E-state index in [2.05, 4.69) is 0 Å². The number of carbonyl (C=O) groups is 1. The molecule has 0 aliphatic carbocycles. The van der Waals surface area contributed by atoms with Gasteiger partial charge in [-0.1, -0.05) is 0 Å². The van der Waals surface area contributed by atoms with E-state index in [1.807, 2.05) is 0 Å². The zero-order chi connectivity index (χ0) is 13.7. The predicted octanol–water partition coefficient (Wildman–Crippen LogP) is 0.667. The highest BCUT2D eigenvalue weighted by Gasteiger charge is 2.18. The van der Waals surface area contributed by atoms with Gasteiger partial charge in [0.05, 0.1) is 27.0 Å². The minimum Gasteiger partial charge on any atom is -0.494 e. The largest absolute Gasteiger partial charge is 0.494 e. The van der Waals surface area contributed by atoms with Gasteiger partial charge in [-0.15, -0.1) is 0 Å². The Morgan fingerprint density at radius 2 is 1.61 bits per heavy atom. The highest BCUT2D eigenvalue weighted by molar-refractivity contribution is 5.95. The minimum atomic E-state index is -0.575. The number of ether oxygens (including phenoxy) is 3. The van der Waals surface area contributed by atoms with Gasteiger partial charge in [-0.3, -0.25) is 4.79 Å². The number of benzene rings is 1. The van der Waals surface area contributed by atoms with Crippen LogP contribution in [0.15, 0.2) is 12.1 Å². The summed E-state index contributed by atoms with van der Waals surface area (Å²) in [6.07, 6.45) is 0. The molecule has 0 unspecified atom stereocenters. The van der Waals surface area contributed by atoms with E-state index in [9.17, 15) is 4.79 Å². The van der Waals surface area contributed by atoms with Gasteiger partial charge in [0.1, 0.15) is 12.4 Å². The fraction of sp³-hybridized carbons (Fsp3) is 0.417. The number of rotatable bonds is 5. The van der Waals surface area contributed by atoms with E-state index < -0.39 is 12.5 Å². The third-order valence-electron chi connectivity index (χ3n) is 2.56. The zero-order valence-corrected chi connectivity index (χ0v) is 10.9. The van der Waals surface area contributed by atoms with Gasteiger partial charge in [0, 0.05) is 19.2 Å². The molecule has 1 rings (SSSR count). The monoisotopic (exact) mass is 255 g/mol. The molecule has 0 aliphatic heterocycles. The maximum atomic E-state index is 11.5. The van der Waals surface area contributed by atoms with Gasteiger partial charge in [-0.05, 0) is 0 Å². The summed E-state index contributed by atoms with van der Waals surface area (Å²) in [5.41, 5.74) is 0.495. The number of carbonyl (C=O) groups excluding carboxylic acids is 1. The van der Waals surface area contributed by atoms with Gasteiger partial charge < -0.3 is 24.2 Å². The Morgan fingerprint density at radius 1 is 1.11 bits per heavy atom. The standard InChI is InChI=1S/C12H17NO5/c1-13(12(15)7-14)8-5-10(17-3)11(18-4)6-9(8)16-2/h5-6,14H,7H2,1-4H3. The Morgan fingerprint density at radius 3 is 2.06 bits per heavy atom. The number of hydrogen-bond acceptors (Lipinski definition) is 5. The van der Waals surface area contributed by atoms with Crippen LogP contribution in [-0.4, -0.2) is 46.0 Å². The number of hydrogen-bond donors (Lipinski definition) is 1. The lowest BCUT2D eigenvalue weighted by molar-refractivity contribution is -0.120. The topological polar surface area (TPSA) is 68.2 Å². The molecule has 0 spiro atoms. The number of aliphatic hydroxyl groups is 1. The van der Waals surface area contributed by atoms with Crippen molar-refractivity contribution in [3.8, 4) is 17.2 Å². The van der Waals surface area contributed by atoms with Crippen LogP contribution in [0, 0.1) is 0 Å². The maximum Gasteiger partial charge on any atom is 0.252 e. The number of amides is 1. The molecule has 1 aromatic carbocycles. The fourth-order valence-electron chi connectivity index (χ4n) is 1.52. The predicted molar refractivity (Wildman–Crippen MR) is 66.6 cm³/mol. The molecule has 1 amide bonds. The molecule has 100 valence electrons. The lowest BCUT2D eigenvalue weighted by Gasteiger charge is -2.21. The molecule has 0 fully saturated rings. The third kappa shape index (κ3) is 2.65. The van der Waals surface area contributed by atoms with E-state index in [1.165, 1.54) is 26.2 Å². The van der Waals surface area contributed by atoms with Crippen molar-refractivity contribution in [2.75, 3.05) is 39.9 Å². The van der Waals surface area contributed by atoms with Crippen molar-refractivity contribution in [3.63, 3.8) is 0 Å². The van der Waals surface area contributed by atoms with E-state index in [-0.39, 0.29) is 0 Å². The van der Waals surface area contributed by atoms with Crippen LogP contribution in [0.3, 0.4) is 0 Å². The minimum absolute atomic E-state index is 0.444. The average Bonchev–Trinajstić information content (AvgIpc) is 2.43. The van der Waals surface area contributed by atoms with Crippen molar-refractivity contribution in [1.82, 2.24) is 0 Å².